The lowest BCUT2D eigenvalue weighted by atomic mass is 10.1. The Hall–Kier alpha value is -2.42. The number of methoxy groups -OCH3 is 1. The zero-order valence-corrected chi connectivity index (χ0v) is 10.7. The van der Waals surface area contributed by atoms with Crippen molar-refractivity contribution in [2.75, 3.05) is 7.11 Å². The number of para-hydroxylation sites is 1. The van der Waals surface area contributed by atoms with Crippen LogP contribution in [-0.4, -0.2) is 18.7 Å². The minimum absolute atomic E-state index is 0.586. The van der Waals surface area contributed by atoms with Gasteiger partial charge in [0.2, 0.25) is 5.90 Å². The molecule has 0 N–H and O–H groups in total. The summed E-state index contributed by atoms with van der Waals surface area (Å²) in [7, 11) is 1.63. The quantitative estimate of drug-likeness (QED) is 0.764. The summed E-state index contributed by atoms with van der Waals surface area (Å²) < 4.78 is 5.39. The molecule has 0 aromatic heterocycles. The average Bonchev–Trinajstić information content (AvgIpc) is 2.67. The molecule has 0 saturated carbocycles. The number of hydrogen-bond acceptors (Lipinski definition) is 3. The normalized spacial score (nSPS) is 13.9. The molecule has 0 unspecified atom stereocenters. The number of benzene rings is 2. The lowest BCUT2D eigenvalue weighted by Gasteiger charge is -2.07. The third-order valence-corrected chi connectivity index (χ3v) is 3.06. The molecule has 2 aromatic rings. The van der Waals surface area contributed by atoms with Crippen molar-refractivity contribution in [2.24, 2.45) is 9.98 Å². The van der Waals surface area contributed by atoms with E-state index in [0.29, 0.717) is 12.4 Å². The van der Waals surface area contributed by atoms with Gasteiger partial charge in [-0.25, -0.2) is 9.98 Å². The molecule has 0 saturated heterocycles. The Bertz CT molecular complexity index is 645. The molecule has 94 valence electrons. The van der Waals surface area contributed by atoms with Crippen LogP contribution < -0.4 is 0 Å². The molecular weight excluding hydrogens is 236 g/mol. The highest BCUT2D eigenvalue weighted by molar-refractivity contribution is 6.46. The van der Waals surface area contributed by atoms with Crippen molar-refractivity contribution in [2.45, 2.75) is 6.54 Å². The van der Waals surface area contributed by atoms with Gasteiger partial charge >= 0.3 is 0 Å². The Kier molecular flexibility index (Phi) is 3.11. The number of fused-ring (bicyclic) bond motifs is 1. The largest absolute Gasteiger partial charge is 0.480 e. The Balaban J connectivity index is 2.16. The van der Waals surface area contributed by atoms with Crippen LogP contribution in [0.15, 0.2) is 64.6 Å². The van der Waals surface area contributed by atoms with Crippen LogP contribution in [0.4, 0.5) is 5.69 Å². The first-order valence-electron chi connectivity index (χ1n) is 6.19. The molecule has 0 amide bonds. The fourth-order valence-corrected chi connectivity index (χ4v) is 2.10. The summed E-state index contributed by atoms with van der Waals surface area (Å²) >= 11 is 0. The Morgan fingerprint density at radius 2 is 1.68 bits per heavy atom. The molecule has 3 rings (SSSR count). The second-order valence-electron chi connectivity index (χ2n) is 4.28. The summed E-state index contributed by atoms with van der Waals surface area (Å²) in [5, 5.41) is 0. The number of nitrogens with zero attached hydrogens (tertiary/aromatic N) is 2. The Morgan fingerprint density at radius 3 is 2.47 bits per heavy atom. The second kappa shape index (κ2) is 5.06. The highest BCUT2D eigenvalue weighted by Crippen LogP contribution is 2.24. The monoisotopic (exact) mass is 250 g/mol. The topological polar surface area (TPSA) is 34.0 Å². The SMILES string of the molecule is COC1=NCc2ccccc2N=C1c1ccccc1. The van der Waals surface area contributed by atoms with Gasteiger partial charge in [-0.15, -0.1) is 0 Å². The van der Waals surface area contributed by atoms with Crippen molar-refractivity contribution in [3.8, 4) is 0 Å². The second-order valence-corrected chi connectivity index (χ2v) is 4.28. The minimum Gasteiger partial charge on any atom is -0.480 e. The molecule has 19 heavy (non-hydrogen) atoms. The zero-order chi connectivity index (χ0) is 13.1. The molecule has 1 heterocycles. The van der Waals surface area contributed by atoms with Crippen molar-refractivity contribution >= 4 is 17.3 Å². The van der Waals surface area contributed by atoms with E-state index in [9.17, 15) is 0 Å². The Labute approximate surface area is 112 Å². The Morgan fingerprint density at radius 1 is 0.947 bits per heavy atom. The van der Waals surface area contributed by atoms with Gasteiger partial charge < -0.3 is 4.74 Å². The molecule has 0 aliphatic carbocycles. The molecule has 3 heteroatoms. The van der Waals surface area contributed by atoms with E-state index in [1.54, 1.807) is 7.11 Å². The van der Waals surface area contributed by atoms with Gasteiger partial charge in [-0.1, -0.05) is 48.5 Å². The molecule has 1 aliphatic rings. The summed E-state index contributed by atoms with van der Waals surface area (Å²) in [5.74, 6) is 0.586. The van der Waals surface area contributed by atoms with Gasteiger partial charge in [-0.05, 0) is 11.6 Å². The highest BCUT2D eigenvalue weighted by Gasteiger charge is 2.16. The van der Waals surface area contributed by atoms with Crippen LogP contribution in [0.5, 0.6) is 0 Å². The van der Waals surface area contributed by atoms with E-state index >= 15 is 0 Å². The summed E-state index contributed by atoms with van der Waals surface area (Å²) in [6.07, 6.45) is 0. The first-order chi connectivity index (χ1) is 9.38. The fourth-order valence-electron chi connectivity index (χ4n) is 2.10. The summed E-state index contributed by atoms with van der Waals surface area (Å²) in [4.78, 5) is 9.23. The summed E-state index contributed by atoms with van der Waals surface area (Å²) in [5.41, 5.74) is 3.87. The van der Waals surface area contributed by atoms with E-state index in [1.807, 2.05) is 54.6 Å². The van der Waals surface area contributed by atoms with E-state index in [4.69, 9.17) is 9.73 Å². The lowest BCUT2D eigenvalue weighted by molar-refractivity contribution is 0.409. The highest BCUT2D eigenvalue weighted by atomic mass is 16.5. The number of ether oxygens (including phenoxy) is 1. The fraction of sp³-hybridized carbons (Fsp3) is 0.125. The maximum absolute atomic E-state index is 5.39. The third-order valence-electron chi connectivity index (χ3n) is 3.06. The smallest absolute Gasteiger partial charge is 0.235 e. The standard InChI is InChI=1S/C16H14N2O/c1-19-16-15(12-7-3-2-4-8-12)18-14-10-6-5-9-13(14)11-17-16/h2-10H,11H2,1H3. The van der Waals surface area contributed by atoms with Crippen LogP contribution in [0.3, 0.4) is 0 Å². The van der Waals surface area contributed by atoms with Crippen molar-refractivity contribution < 1.29 is 4.74 Å². The lowest BCUT2D eigenvalue weighted by Crippen LogP contribution is -2.17. The van der Waals surface area contributed by atoms with Crippen LogP contribution in [-0.2, 0) is 11.3 Å². The van der Waals surface area contributed by atoms with Gasteiger partial charge in [0.1, 0.15) is 5.71 Å². The third kappa shape index (κ3) is 2.27. The van der Waals surface area contributed by atoms with Gasteiger partial charge in [0.05, 0.1) is 19.3 Å². The van der Waals surface area contributed by atoms with Crippen molar-refractivity contribution in [1.29, 1.82) is 0 Å². The van der Waals surface area contributed by atoms with E-state index in [0.717, 1.165) is 22.5 Å². The number of hydrogen-bond donors (Lipinski definition) is 0. The average molecular weight is 250 g/mol. The van der Waals surface area contributed by atoms with Gasteiger partial charge in [0.25, 0.3) is 0 Å². The minimum atomic E-state index is 0.586. The van der Waals surface area contributed by atoms with E-state index < -0.39 is 0 Å². The first-order valence-corrected chi connectivity index (χ1v) is 6.19. The number of aliphatic imine (C=N–C) groups is 2. The van der Waals surface area contributed by atoms with Crippen LogP contribution in [0.2, 0.25) is 0 Å². The molecule has 3 nitrogen and oxygen atoms in total. The maximum atomic E-state index is 5.39. The van der Waals surface area contributed by atoms with Gasteiger partial charge in [0, 0.05) is 5.56 Å². The molecule has 0 fully saturated rings. The molecule has 0 radical (unpaired) electrons. The van der Waals surface area contributed by atoms with Crippen LogP contribution in [0.1, 0.15) is 11.1 Å². The van der Waals surface area contributed by atoms with E-state index in [1.165, 1.54) is 0 Å². The predicted octanol–water partition coefficient (Wildman–Crippen LogP) is 3.37. The molecule has 0 atom stereocenters. The van der Waals surface area contributed by atoms with E-state index in [-0.39, 0.29) is 0 Å². The molecule has 2 aromatic carbocycles. The van der Waals surface area contributed by atoms with Crippen LogP contribution in [0.25, 0.3) is 0 Å². The molecule has 1 aliphatic heterocycles. The molecule has 0 spiro atoms. The van der Waals surface area contributed by atoms with Crippen LogP contribution in [0, 0.1) is 0 Å². The van der Waals surface area contributed by atoms with Gasteiger partial charge in [-0.2, -0.15) is 0 Å². The predicted molar refractivity (Wildman–Crippen MR) is 77.2 cm³/mol. The van der Waals surface area contributed by atoms with Crippen molar-refractivity contribution in [1.82, 2.24) is 0 Å². The van der Waals surface area contributed by atoms with E-state index in [2.05, 4.69) is 4.99 Å². The summed E-state index contributed by atoms with van der Waals surface area (Å²) in [6.45, 7) is 0.596. The van der Waals surface area contributed by atoms with Crippen molar-refractivity contribution in [3.63, 3.8) is 0 Å². The molecule has 0 bridgehead atoms. The molecular formula is C16H14N2O. The summed E-state index contributed by atoms with van der Waals surface area (Å²) in [6, 6.07) is 18.0. The van der Waals surface area contributed by atoms with Crippen LogP contribution >= 0.6 is 0 Å². The van der Waals surface area contributed by atoms with Gasteiger partial charge in [0.15, 0.2) is 0 Å². The van der Waals surface area contributed by atoms with Crippen molar-refractivity contribution in [3.05, 3.63) is 65.7 Å². The maximum Gasteiger partial charge on any atom is 0.235 e. The zero-order valence-electron chi connectivity index (χ0n) is 10.7. The van der Waals surface area contributed by atoms with Gasteiger partial charge in [-0.3, -0.25) is 0 Å². The first kappa shape index (κ1) is 11.7. The number of rotatable bonds is 1.